The van der Waals surface area contributed by atoms with Gasteiger partial charge in [-0.3, -0.25) is 4.98 Å². The SMILES string of the molecule is O=C(Nc1cccnc1)N1CCC/C(=C\c2cccc(Oc3ccc(C(F)(F)F)cn3)c2)C1. The Balaban J connectivity index is 1.41. The Morgan fingerprint density at radius 2 is 2.00 bits per heavy atom. The molecule has 6 nitrogen and oxygen atoms in total. The van der Waals surface area contributed by atoms with Gasteiger partial charge in [-0.25, -0.2) is 9.78 Å². The monoisotopic (exact) mass is 454 g/mol. The van der Waals surface area contributed by atoms with E-state index in [0.29, 0.717) is 24.5 Å². The van der Waals surface area contributed by atoms with E-state index in [1.165, 1.54) is 6.07 Å². The Bertz CT molecular complexity index is 1130. The third-order valence-electron chi connectivity index (χ3n) is 5.03. The summed E-state index contributed by atoms with van der Waals surface area (Å²) in [7, 11) is 0. The topological polar surface area (TPSA) is 67.4 Å². The molecule has 4 rings (SSSR count). The number of ether oxygens (including phenoxy) is 1. The smallest absolute Gasteiger partial charge is 0.417 e. The molecule has 0 bridgehead atoms. The number of amides is 2. The lowest BCUT2D eigenvalue weighted by Crippen LogP contribution is -2.39. The van der Waals surface area contributed by atoms with Gasteiger partial charge in [0.25, 0.3) is 0 Å². The van der Waals surface area contributed by atoms with Crippen molar-refractivity contribution in [2.75, 3.05) is 18.4 Å². The van der Waals surface area contributed by atoms with Gasteiger partial charge in [0.15, 0.2) is 0 Å². The molecule has 170 valence electrons. The largest absolute Gasteiger partial charge is 0.439 e. The summed E-state index contributed by atoms with van der Waals surface area (Å²) in [6, 6.07) is 12.6. The summed E-state index contributed by atoms with van der Waals surface area (Å²) < 4.78 is 43.7. The summed E-state index contributed by atoms with van der Waals surface area (Å²) in [5, 5.41) is 2.85. The minimum Gasteiger partial charge on any atom is -0.439 e. The Labute approximate surface area is 188 Å². The fraction of sp³-hybridized carbons (Fsp3) is 0.208. The average molecular weight is 454 g/mol. The Morgan fingerprint density at radius 1 is 1.12 bits per heavy atom. The van der Waals surface area contributed by atoms with Crippen LogP contribution in [0.15, 0.2) is 72.7 Å². The molecule has 3 aromatic rings. The van der Waals surface area contributed by atoms with E-state index in [9.17, 15) is 18.0 Å². The maximum atomic E-state index is 12.7. The number of benzene rings is 1. The van der Waals surface area contributed by atoms with Crippen molar-refractivity contribution in [1.29, 1.82) is 0 Å². The predicted molar refractivity (Wildman–Crippen MR) is 118 cm³/mol. The molecule has 1 aromatic carbocycles. The zero-order chi connectivity index (χ0) is 23.3. The van der Waals surface area contributed by atoms with Crippen molar-refractivity contribution < 1.29 is 22.7 Å². The van der Waals surface area contributed by atoms with Crippen molar-refractivity contribution in [1.82, 2.24) is 14.9 Å². The molecule has 0 atom stereocenters. The Hall–Kier alpha value is -3.88. The maximum absolute atomic E-state index is 12.7. The van der Waals surface area contributed by atoms with Gasteiger partial charge in [0, 0.05) is 31.5 Å². The van der Waals surface area contributed by atoms with Crippen molar-refractivity contribution in [3.05, 3.63) is 83.8 Å². The number of urea groups is 1. The Kier molecular flexibility index (Phi) is 6.58. The fourth-order valence-electron chi connectivity index (χ4n) is 3.46. The van der Waals surface area contributed by atoms with Crippen molar-refractivity contribution >= 4 is 17.8 Å². The maximum Gasteiger partial charge on any atom is 0.417 e. The van der Waals surface area contributed by atoms with E-state index in [4.69, 9.17) is 4.74 Å². The number of piperidine rings is 1. The number of hydrogen-bond acceptors (Lipinski definition) is 4. The third kappa shape index (κ3) is 6.09. The summed E-state index contributed by atoms with van der Waals surface area (Å²) in [5.74, 6) is 0.530. The van der Waals surface area contributed by atoms with Gasteiger partial charge in [0.05, 0.1) is 17.4 Å². The zero-order valence-corrected chi connectivity index (χ0v) is 17.5. The fourth-order valence-corrected chi connectivity index (χ4v) is 3.46. The molecular weight excluding hydrogens is 433 g/mol. The highest BCUT2D eigenvalue weighted by atomic mass is 19.4. The quantitative estimate of drug-likeness (QED) is 0.525. The van der Waals surface area contributed by atoms with Gasteiger partial charge in [-0.1, -0.05) is 23.8 Å². The number of alkyl halides is 3. The molecule has 0 radical (unpaired) electrons. The molecule has 0 saturated carbocycles. The number of likely N-dealkylation sites (tertiary alicyclic amines) is 1. The van der Waals surface area contributed by atoms with E-state index in [2.05, 4.69) is 15.3 Å². The molecule has 0 spiro atoms. The van der Waals surface area contributed by atoms with Crippen molar-refractivity contribution in [2.24, 2.45) is 0 Å². The van der Waals surface area contributed by atoms with Gasteiger partial charge in [-0.15, -0.1) is 0 Å². The molecule has 1 N–H and O–H groups in total. The number of carbonyl (C=O) groups is 1. The second-order valence-corrected chi connectivity index (χ2v) is 7.56. The van der Waals surface area contributed by atoms with Crippen LogP contribution in [0.1, 0.15) is 24.0 Å². The minimum atomic E-state index is -4.44. The van der Waals surface area contributed by atoms with Gasteiger partial charge in [0.1, 0.15) is 5.75 Å². The average Bonchev–Trinajstić information content (AvgIpc) is 2.80. The van der Waals surface area contributed by atoms with Crippen LogP contribution in [0.3, 0.4) is 0 Å². The first-order valence-electron chi connectivity index (χ1n) is 10.3. The van der Waals surface area contributed by atoms with Crippen LogP contribution >= 0.6 is 0 Å². The number of anilines is 1. The number of hydrogen-bond donors (Lipinski definition) is 1. The summed E-state index contributed by atoms with van der Waals surface area (Å²) in [4.78, 5) is 22.0. The Morgan fingerprint density at radius 3 is 2.73 bits per heavy atom. The van der Waals surface area contributed by atoms with Crippen LogP contribution in [0.4, 0.5) is 23.7 Å². The summed E-state index contributed by atoms with van der Waals surface area (Å²) in [6.07, 6.45) is 3.24. The van der Waals surface area contributed by atoms with Gasteiger partial charge in [-0.2, -0.15) is 13.2 Å². The van der Waals surface area contributed by atoms with Gasteiger partial charge in [0.2, 0.25) is 5.88 Å². The second kappa shape index (κ2) is 9.72. The molecular formula is C24H21F3N4O2. The van der Waals surface area contributed by atoms with Crippen LogP contribution < -0.4 is 10.1 Å². The molecule has 1 aliphatic rings. The van der Waals surface area contributed by atoms with Gasteiger partial charge < -0.3 is 15.0 Å². The van der Waals surface area contributed by atoms with Crippen LogP contribution in [0.2, 0.25) is 0 Å². The highest BCUT2D eigenvalue weighted by Gasteiger charge is 2.30. The molecule has 9 heteroatoms. The van der Waals surface area contributed by atoms with E-state index in [1.54, 1.807) is 47.6 Å². The van der Waals surface area contributed by atoms with Gasteiger partial charge in [-0.05, 0) is 48.7 Å². The molecule has 33 heavy (non-hydrogen) atoms. The lowest BCUT2D eigenvalue weighted by Gasteiger charge is -2.29. The number of halogens is 3. The standard InChI is InChI=1S/C24H21F3N4O2/c25-24(26,27)19-8-9-22(29-14-19)33-21-7-1-4-17(13-21)12-18-5-3-11-31(16-18)23(32)30-20-6-2-10-28-15-20/h1-2,4,6-10,12-15H,3,5,11,16H2,(H,30,32)/b18-12+. The normalized spacial score (nSPS) is 15.4. The number of nitrogens with one attached hydrogen (secondary N) is 1. The number of carbonyl (C=O) groups excluding carboxylic acids is 1. The third-order valence-corrected chi connectivity index (χ3v) is 5.03. The molecule has 0 unspecified atom stereocenters. The summed E-state index contributed by atoms with van der Waals surface area (Å²) >= 11 is 0. The van der Waals surface area contributed by atoms with E-state index in [1.807, 2.05) is 12.1 Å². The van der Waals surface area contributed by atoms with E-state index in [-0.39, 0.29) is 11.9 Å². The van der Waals surface area contributed by atoms with Gasteiger partial charge >= 0.3 is 12.2 Å². The van der Waals surface area contributed by atoms with Crippen LogP contribution in [-0.2, 0) is 6.18 Å². The molecule has 1 fully saturated rings. The first-order chi connectivity index (χ1) is 15.9. The lowest BCUT2D eigenvalue weighted by atomic mass is 10.0. The number of aromatic nitrogens is 2. The molecule has 0 aliphatic carbocycles. The van der Waals surface area contributed by atoms with Crippen LogP contribution in [0.25, 0.3) is 6.08 Å². The second-order valence-electron chi connectivity index (χ2n) is 7.56. The van der Waals surface area contributed by atoms with Crippen LogP contribution in [0, 0.1) is 0 Å². The predicted octanol–water partition coefficient (Wildman–Crippen LogP) is 6.00. The van der Waals surface area contributed by atoms with E-state index >= 15 is 0 Å². The highest BCUT2D eigenvalue weighted by Crippen LogP contribution is 2.30. The van der Waals surface area contributed by atoms with Crippen LogP contribution in [0.5, 0.6) is 11.6 Å². The highest BCUT2D eigenvalue weighted by molar-refractivity contribution is 5.89. The first kappa shape index (κ1) is 22.3. The van der Waals surface area contributed by atoms with E-state index in [0.717, 1.165) is 36.2 Å². The summed E-state index contributed by atoms with van der Waals surface area (Å²) in [6.45, 7) is 1.16. The summed E-state index contributed by atoms with van der Waals surface area (Å²) in [5.41, 5.74) is 1.76. The molecule has 1 saturated heterocycles. The van der Waals surface area contributed by atoms with Crippen molar-refractivity contribution in [3.8, 4) is 11.6 Å². The number of rotatable bonds is 4. The molecule has 2 amide bonds. The molecule has 3 heterocycles. The molecule has 1 aliphatic heterocycles. The number of pyridine rings is 2. The zero-order valence-electron chi connectivity index (χ0n) is 17.5. The van der Waals surface area contributed by atoms with Crippen molar-refractivity contribution in [3.63, 3.8) is 0 Å². The lowest BCUT2D eigenvalue weighted by molar-refractivity contribution is -0.137. The minimum absolute atomic E-state index is 0.0729. The van der Waals surface area contributed by atoms with E-state index < -0.39 is 11.7 Å². The van der Waals surface area contributed by atoms with Crippen molar-refractivity contribution in [2.45, 2.75) is 19.0 Å². The first-order valence-corrected chi connectivity index (χ1v) is 10.3. The van der Waals surface area contributed by atoms with Crippen LogP contribution in [-0.4, -0.2) is 34.0 Å². The number of nitrogens with zero attached hydrogens (tertiary/aromatic N) is 3. The molecule has 2 aromatic heterocycles.